The summed E-state index contributed by atoms with van der Waals surface area (Å²) in [4.78, 5) is 23.8. The van der Waals surface area contributed by atoms with Crippen LogP contribution in [0.25, 0.3) is 0 Å². The van der Waals surface area contributed by atoms with Crippen molar-refractivity contribution < 1.29 is 14.3 Å². The molecule has 0 fully saturated rings. The Balaban J connectivity index is 1.77. The normalized spacial score (nSPS) is 10.2. The zero-order chi connectivity index (χ0) is 17.4. The first-order valence-corrected chi connectivity index (χ1v) is 7.84. The smallest absolute Gasteiger partial charge is 0.253 e. The van der Waals surface area contributed by atoms with E-state index in [0.29, 0.717) is 23.7 Å². The van der Waals surface area contributed by atoms with Crippen molar-refractivity contribution in [1.29, 1.82) is 0 Å². The van der Waals surface area contributed by atoms with Gasteiger partial charge in [0, 0.05) is 13.7 Å². The van der Waals surface area contributed by atoms with Gasteiger partial charge in [-0.05, 0) is 23.3 Å². The summed E-state index contributed by atoms with van der Waals surface area (Å²) < 4.78 is 5.05. The van der Waals surface area contributed by atoms with Gasteiger partial charge < -0.3 is 15.4 Å². The number of hydrogen-bond acceptors (Lipinski definition) is 3. The van der Waals surface area contributed by atoms with Gasteiger partial charge in [0.2, 0.25) is 5.91 Å². The number of methoxy groups -OCH3 is 1. The first kappa shape index (κ1) is 18.0. The lowest BCUT2D eigenvalue weighted by Gasteiger charge is -2.08. The molecule has 0 aliphatic heterocycles. The van der Waals surface area contributed by atoms with Crippen LogP contribution in [0.2, 0.25) is 5.02 Å². The van der Waals surface area contributed by atoms with Gasteiger partial charge in [-0.25, -0.2) is 0 Å². The van der Waals surface area contributed by atoms with Crippen LogP contribution in [-0.2, 0) is 22.7 Å². The number of halogens is 1. The molecule has 2 N–H and O–H groups in total. The molecule has 0 aliphatic carbocycles. The molecule has 0 bridgehead atoms. The Hall–Kier alpha value is -2.37. The molecule has 0 aromatic heterocycles. The SMILES string of the molecule is COCc1ccc(CNC(=O)CNC(=O)c2ccccc2Cl)cc1. The molecule has 0 radical (unpaired) electrons. The summed E-state index contributed by atoms with van der Waals surface area (Å²) in [5, 5.41) is 5.66. The highest BCUT2D eigenvalue weighted by Crippen LogP contribution is 2.14. The van der Waals surface area contributed by atoms with Gasteiger partial charge in [0.1, 0.15) is 0 Å². The largest absolute Gasteiger partial charge is 0.380 e. The van der Waals surface area contributed by atoms with Gasteiger partial charge in [0.25, 0.3) is 5.91 Å². The standard InChI is InChI=1S/C18H19ClN2O3/c1-24-12-14-8-6-13(7-9-14)10-20-17(22)11-21-18(23)15-4-2-3-5-16(15)19/h2-9H,10-12H2,1H3,(H,20,22)(H,21,23). The number of amides is 2. The lowest BCUT2D eigenvalue weighted by atomic mass is 10.1. The Labute approximate surface area is 146 Å². The van der Waals surface area contributed by atoms with E-state index < -0.39 is 0 Å². The number of carbonyl (C=O) groups excluding carboxylic acids is 2. The van der Waals surface area contributed by atoms with Gasteiger partial charge >= 0.3 is 0 Å². The number of ether oxygens (including phenoxy) is 1. The summed E-state index contributed by atoms with van der Waals surface area (Å²) in [6, 6.07) is 14.4. The highest BCUT2D eigenvalue weighted by Gasteiger charge is 2.10. The molecular formula is C18H19ClN2O3. The number of nitrogens with one attached hydrogen (secondary N) is 2. The van der Waals surface area contributed by atoms with Gasteiger partial charge in [0.15, 0.2) is 0 Å². The van der Waals surface area contributed by atoms with Gasteiger partial charge in [-0.3, -0.25) is 9.59 Å². The predicted octanol–water partition coefficient (Wildman–Crippen LogP) is 2.53. The molecule has 0 heterocycles. The average molecular weight is 347 g/mol. The predicted molar refractivity (Wildman–Crippen MR) is 92.8 cm³/mol. The molecule has 2 amide bonds. The number of carbonyl (C=O) groups is 2. The van der Waals surface area contributed by atoms with E-state index in [1.807, 2.05) is 24.3 Å². The lowest BCUT2D eigenvalue weighted by molar-refractivity contribution is -0.120. The number of rotatable bonds is 7. The average Bonchev–Trinajstić information content (AvgIpc) is 2.60. The molecule has 0 aliphatic rings. The van der Waals surface area contributed by atoms with Gasteiger partial charge in [-0.2, -0.15) is 0 Å². The van der Waals surface area contributed by atoms with Crippen LogP contribution in [0.5, 0.6) is 0 Å². The van der Waals surface area contributed by atoms with Crippen LogP contribution < -0.4 is 10.6 Å². The molecule has 2 aromatic rings. The lowest BCUT2D eigenvalue weighted by Crippen LogP contribution is -2.36. The van der Waals surface area contributed by atoms with Crippen molar-refractivity contribution in [2.45, 2.75) is 13.2 Å². The third-order valence-corrected chi connectivity index (χ3v) is 3.68. The van der Waals surface area contributed by atoms with E-state index >= 15 is 0 Å². The Kier molecular flexibility index (Phi) is 6.78. The van der Waals surface area contributed by atoms with Crippen LogP contribution in [0, 0.1) is 0 Å². The minimum atomic E-state index is -0.375. The zero-order valence-corrected chi connectivity index (χ0v) is 14.1. The highest BCUT2D eigenvalue weighted by molar-refractivity contribution is 6.33. The quantitative estimate of drug-likeness (QED) is 0.809. The molecule has 2 rings (SSSR count). The second-order valence-electron chi connectivity index (χ2n) is 5.19. The van der Waals surface area contributed by atoms with Crippen molar-refractivity contribution in [1.82, 2.24) is 10.6 Å². The van der Waals surface area contributed by atoms with Crippen LogP contribution in [-0.4, -0.2) is 25.5 Å². The Bertz CT molecular complexity index is 702. The van der Waals surface area contributed by atoms with E-state index in [2.05, 4.69) is 10.6 Å². The third-order valence-electron chi connectivity index (χ3n) is 3.35. The Morgan fingerprint density at radius 1 is 1.00 bits per heavy atom. The van der Waals surface area contributed by atoms with Gasteiger partial charge in [0.05, 0.1) is 23.7 Å². The van der Waals surface area contributed by atoms with Crippen molar-refractivity contribution in [3.8, 4) is 0 Å². The van der Waals surface area contributed by atoms with Gasteiger partial charge in [-0.1, -0.05) is 48.0 Å². The summed E-state index contributed by atoms with van der Waals surface area (Å²) in [5.74, 6) is -0.643. The number of hydrogen-bond donors (Lipinski definition) is 2. The van der Waals surface area contributed by atoms with Crippen molar-refractivity contribution in [3.05, 3.63) is 70.2 Å². The topological polar surface area (TPSA) is 67.4 Å². The van der Waals surface area contributed by atoms with Crippen molar-refractivity contribution >= 4 is 23.4 Å². The zero-order valence-electron chi connectivity index (χ0n) is 13.3. The summed E-state index contributed by atoms with van der Waals surface area (Å²) >= 11 is 5.94. The Morgan fingerprint density at radius 3 is 2.33 bits per heavy atom. The van der Waals surface area contributed by atoms with E-state index in [1.165, 1.54) is 0 Å². The van der Waals surface area contributed by atoms with Crippen LogP contribution in [0.1, 0.15) is 21.5 Å². The second-order valence-corrected chi connectivity index (χ2v) is 5.60. The molecule has 2 aromatic carbocycles. The molecule has 6 heteroatoms. The minimum absolute atomic E-state index is 0.105. The van der Waals surface area contributed by atoms with E-state index in [4.69, 9.17) is 16.3 Å². The molecule has 0 unspecified atom stereocenters. The van der Waals surface area contributed by atoms with E-state index in [-0.39, 0.29) is 18.4 Å². The molecule has 0 atom stereocenters. The van der Waals surface area contributed by atoms with Crippen LogP contribution in [0.3, 0.4) is 0 Å². The summed E-state index contributed by atoms with van der Waals surface area (Å²) in [7, 11) is 1.64. The summed E-state index contributed by atoms with van der Waals surface area (Å²) in [6.45, 7) is 0.848. The molecule has 126 valence electrons. The van der Waals surface area contributed by atoms with Crippen molar-refractivity contribution in [2.75, 3.05) is 13.7 Å². The van der Waals surface area contributed by atoms with Crippen LogP contribution >= 0.6 is 11.6 Å². The fourth-order valence-electron chi connectivity index (χ4n) is 2.08. The van der Waals surface area contributed by atoms with Crippen molar-refractivity contribution in [2.24, 2.45) is 0 Å². The molecule has 0 spiro atoms. The minimum Gasteiger partial charge on any atom is -0.380 e. The van der Waals surface area contributed by atoms with E-state index in [1.54, 1.807) is 31.4 Å². The number of benzene rings is 2. The first-order valence-electron chi connectivity index (χ1n) is 7.46. The third kappa shape index (κ3) is 5.37. The molecule has 0 saturated heterocycles. The molecule has 5 nitrogen and oxygen atoms in total. The van der Waals surface area contributed by atoms with Crippen LogP contribution in [0.15, 0.2) is 48.5 Å². The fourth-order valence-corrected chi connectivity index (χ4v) is 2.31. The highest BCUT2D eigenvalue weighted by atomic mass is 35.5. The summed E-state index contributed by atoms with van der Waals surface area (Å²) in [6.07, 6.45) is 0. The first-order chi connectivity index (χ1) is 11.6. The maximum Gasteiger partial charge on any atom is 0.253 e. The van der Waals surface area contributed by atoms with Crippen molar-refractivity contribution in [3.63, 3.8) is 0 Å². The van der Waals surface area contributed by atoms with Crippen LogP contribution in [0.4, 0.5) is 0 Å². The maximum absolute atomic E-state index is 12.0. The monoisotopic (exact) mass is 346 g/mol. The molecule has 24 heavy (non-hydrogen) atoms. The van der Waals surface area contributed by atoms with E-state index in [0.717, 1.165) is 11.1 Å². The second kappa shape index (κ2) is 9.05. The fraction of sp³-hybridized carbons (Fsp3) is 0.222. The van der Waals surface area contributed by atoms with Gasteiger partial charge in [-0.15, -0.1) is 0 Å². The molecule has 0 saturated carbocycles. The maximum atomic E-state index is 12.0. The molecular weight excluding hydrogens is 328 g/mol. The van der Waals surface area contributed by atoms with E-state index in [9.17, 15) is 9.59 Å². The summed E-state index contributed by atoms with van der Waals surface area (Å²) in [5.41, 5.74) is 2.39. The Morgan fingerprint density at radius 2 is 1.67 bits per heavy atom.